The van der Waals surface area contributed by atoms with Crippen LogP contribution in [0.2, 0.25) is 0 Å². The third-order valence-corrected chi connectivity index (χ3v) is 5.65. The van der Waals surface area contributed by atoms with Crippen molar-refractivity contribution in [3.63, 3.8) is 0 Å². The molecule has 1 fully saturated rings. The molecule has 0 aromatic heterocycles. The smallest absolute Gasteiger partial charge is 0.261 e. The molecule has 2 heterocycles. The molecule has 3 rings (SSSR count). The maximum Gasteiger partial charge on any atom is 0.261 e. The summed E-state index contributed by atoms with van der Waals surface area (Å²) in [6.45, 7) is 1.28. The van der Waals surface area contributed by atoms with Crippen molar-refractivity contribution in [2.75, 3.05) is 19.6 Å². The van der Waals surface area contributed by atoms with Crippen molar-refractivity contribution in [1.29, 1.82) is 5.26 Å². The summed E-state index contributed by atoms with van der Waals surface area (Å²) in [5.74, 6) is -0.956. The average molecular weight is 461 g/mol. The molecule has 1 saturated heterocycles. The largest absolute Gasteiger partial charge is 0.352 e. The average Bonchev–Trinajstić information content (AvgIpc) is 2.93. The first-order chi connectivity index (χ1) is 13.9. The molecule has 8 nitrogen and oxygen atoms in total. The number of likely N-dealkylation sites (tertiary alicyclic amines) is 1. The number of hydrogen-bond acceptors (Lipinski definition) is 5. The predicted molar refractivity (Wildman–Crippen MR) is 107 cm³/mol. The fraction of sp³-hybridized carbons (Fsp3) is 0.450. The van der Waals surface area contributed by atoms with E-state index in [1.807, 2.05) is 6.07 Å². The lowest BCUT2D eigenvalue weighted by molar-refractivity contribution is -0.132. The fourth-order valence-electron chi connectivity index (χ4n) is 3.64. The van der Waals surface area contributed by atoms with E-state index in [1.165, 1.54) is 4.90 Å². The van der Waals surface area contributed by atoms with E-state index >= 15 is 0 Å². The molecule has 1 aromatic carbocycles. The van der Waals surface area contributed by atoms with Crippen molar-refractivity contribution in [2.45, 2.75) is 38.1 Å². The SMILES string of the molecule is N#CCC(=O)NC1CCN(C(=O)CCCN2C(=O)c3ccc(Br)cc3C2=O)CC1. The van der Waals surface area contributed by atoms with E-state index < -0.39 is 0 Å². The van der Waals surface area contributed by atoms with Gasteiger partial charge in [0.2, 0.25) is 11.8 Å². The van der Waals surface area contributed by atoms with Crippen molar-refractivity contribution in [1.82, 2.24) is 15.1 Å². The molecule has 29 heavy (non-hydrogen) atoms. The highest BCUT2D eigenvalue weighted by Gasteiger charge is 2.35. The second kappa shape index (κ2) is 9.18. The summed E-state index contributed by atoms with van der Waals surface area (Å²) >= 11 is 3.30. The fourth-order valence-corrected chi connectivity index (χ4v) is 4.00. The van der Waals surface area contributed by atoms with Gasteiger partial charge in [-0.25, -0.2) is 0 Å². The van der Waals surface area contributed by atoms with Crippen molar-refractivity contribution < 1.29 is 19.2 Å². The number of benzene rings is 1. The molecule has 9 heteroatoms. The van der Waals surface area contributed by atoms with Crippen LogP contribution < -0.4 is 5.32 Å². The van der Waals surface area contributed by atoms with Crippen LogP contribution in [0.1, 0.15) is 52.8 Å². The highest BCUT2D eigenvalue weighted by molar-refractivity contribution is 9.10. The summed E-state index contributed by atoms with van der Waals surface area (Å²) in [7, 11) is 0. The second-order valence-corrected chi connectivity index (χ2v) is 8.03. The summed E-state index contributed by atoms with van der Waals surface area (Å²) in [6.07, 6.45) is 1.80. The van der Waals surface area contributed by atoms with Crippen molar-refractivity contribution in [3.8, 4) is 6.07 Å². The lowest BCUT2D eigenvalue weighted by Gasteiger charge is -2.32. The van der Waals surface area contributed by atoms with E-state index in [9.17, 15) is 19.2 Å². The van der Waals surface area contributed by atoms with Gasteiger partial charge in [-0.3, -0.25) is 24.1 Å². The van der Waals surface area contributed by atoms with Gasteiger partial charge in [-0.1, -0.05) is 15.9 Å². The topological polar surface area (TPSA) is 111 Å². The Balaban J connectivity index is 1.43. The van der Waals surface area contributed by atoms with E-state index in [4.69, 9.17) is 5.26 Å². The molecular formula is C20H21BrN4O4. The number of nitrogens with zero attached hydrogens (tertiary/aromatic N) is 3. The van der Waals surface area contributed by atoms with Crippen LogP contribution in [0, 0.1) is 11.3 Å². The van der Waals surface area contributed by atoms with Crippen LogP contribution in [0.15, 0.2) is 22.7 Å². The first-order valence-corrected chi connectivity index (χ1v) is 10.3. The monoisotopic (exact) mass is 460 g/mol. The minimum Gasteiger partial charge on any atom is -0.352 e. The van der Waals surface area contributed by atoms with Crippen molar-refractivity contribution >= 4 is 39.6 Å². The number of amides is 4. The van der Waals surface area contributed by atoms with E-state index in [2.05, 4.69) is 21.2 Å². The van der Waals surface area contributed by atoms with Crippen molar-refractivity contribution in [3.05, 3.63) is 33.8 Å². The standard InChI is InChI=1S/C20H21BrN4O4/c21-13-3-4-15-16(12-13)20(29)25(19(15)28)9-1-2-18(27)24-10-6-14(7-11-24)23-17(26)5-8-22/h3-4,12,14H,1-2,5-7,9-11H2,(H,23,26). The molecule has 0 radical (unpaired) electrons. The maximum absolute atomic E-state index is 12.4. The van der Waals surface area contributed by atoms with Crippen LogP contribution in [0.4, 0.5) is 0 Å². The first-order valence-electron chi connectivity index (χ1n) is 9.50. The number of fused-ring (bicyclic) bond motifs is 1. The normalized spacial score (nSPS) is 16.6. The number of carbonyl (C=O) groups excluding carboxylic acids is 4. The minimum absolute atomic E-state index is 0.0161. The lowest BCUT2D eigenvalue weighted by Crippen LogP contribution is -2.46. The van der Waals surface area contributed by atoms with Crippen LogP contribution in [0.25, 0.3) is 0 Å². The number of halogens is 1. The molecular weight excluding hydrogens is 440 g/mol. The molecule has 152 valence electrons. The number of nitrogens with one attached hydrogen (secondary N) is 1. The zero-order chi connectivity index (χ0) is 21.0. The Hall–Kier alpha value is -2.73. The third-order valence-electron chi connectivity index (χ3n) is 5.16. The highest BCUT2D eigenvalue weighted by Crippen LogP contribution is 2.26. The van der Waals surface area contributed by atoms with Gasteiger partial charge in [0.1, 0.15) is 6.42 Å². The number of carbonyl (C=O) groups is 4. The van der Waals surface area contributed by atoms with Gasteiger partial charge in [-0.15, -0.1) is 0 Å². The third kappa shape index (κ3) is 4.82. The molecule has 1 N–H and O–H groups in total. The number of nitriles is 1. The van der Waals surface area contributed by atoms with Crippen LogP contribution in [0.3, 0.4) is 0 Å². The molecule has 0 spiro atoms. The van der Waals surface area contributed by atoms with E-state index in [0.29, 0.717) is 43.5 Å². The van der Waals surface area contributed by atoms with Gasteiger partial charge in [-0.2, -0.15) is 5.26 Å². The Kier molecular flexibility index (Phi) is 6.64. The number of rotatable bonds is 6. The Bertz CT molecular complexity index is 887. The Labute approximate surface area is 177 Å². The Morgan fingerprint density at radius 1 is 1.17 bits per heavy atom. The molecule has 2 aliphatic rings. The highest BCUT2D eigenvalue weighted by atomic mass is 79.9. The molecule has 0 saturated carbocycles. The predicted octanol–water partition coefficient (Wildman–Crippen LogP) is 1.85. The van der Waals surface area contributed by atoms with Gasteiger partial charge in [0, 0.05) is 36.6 Å². The van der Waals surface area contributed by atoms with Gasteiger partial charge in [-0.05, 0) is 37.5 Å². The summed E-state index contributed by atoms with van der Waals surface area (Å²) in [5.41, 5.74) is 0.779. The zero-order valence-corrected chi connectivity index (χ0v) is 17.4. The zero-order valence-electron chi connectivity index (χ0n) is 15.8. The molecule has 0 unspecified atom stereocenters. The van der Waals surface area contributed by atoms with Crippen LogP contribution >= 0.6 is 15.9 Å². The van der Waals surface area contributed by atoms with Gasteiger partial charge in [0.15, 0.2) is 0 Å². The molecule has 2 aliphatic heterocycles. The van der Waals surface area contributed by atoms with E-state index in [-0.39, 0.29) is 49.1 Å². The Morgan fingerprint density at radius 2 is 1.86 bits per heavy atom. The number of imide groups is 1. The Morgan fingerprint density at radius 3 is 2.55 bits per heavy atom. The maximum atomic E-state index is 12.4. The quantitative estimate of drug-likeness (QED) is 0.651. The van der Waals surface area contributed by atoms with Gasteiger partial charge in [0.25, 0.3) is 11.8 Å². The molecule has 0 atom stereocenters. The van der Waals surface area contributed by atoms with Gasteiger partial charge in [0.05, 0.1) is 17.2 Å². The van der Waals surface area contributed by atoms with E-state index in [0.717, 1.165) is 4.47 Å². The number of piperidine rings is 1. The van der Waals surface area contributed by atoms with Crippen molar-refractivity contribution in [2.24, 2.45) is 0 Å². The van der Waals surface area contributed by atoms with Crippen LogP contribution in [-0.2, 0) is 9.59 Å². The summed E-state index contributed by atoms with van der Waals surface area (Å²) in [6, 6.07) is 6.79. The minimum atomic E-state index is -0.326. The molecule has 0 bridgehead atoms. The van der Waals surface area contributed by atoms with Crippen LogP contribution in [0.5, 0.6) is 0 Å². The van der Waals surface area contributed by atoms with Gasteiger partial charge < -0.3 is 10.2 Å². The summed E-state index contributed by atoms with van der Waals surface area (Å²) in [4.78, 5) is 51.7. The van der Waals surface area contributed by atoms with Gasteiger partial charge >= 0.3 is 0 Å². The van der Waals surface area contributed by atoms with Crippen LogP contribution in [-0.4, -0.2) is 59.1 Å². The summed E-state index contributed by atoms with van der Waals surface area (Å²) in [5, 5.41) is 11.3. The molecule has 1 aromatic rings. The lowest BCUT2D eigenvalue weighted by atomic mass is 10.0. The number of hydrogen-bond donors (Lipinski definition) is 1. The van der Waals surface area contributed by atoms with E-state index in [1.54, 1.807) is 23.1 Å². The first kappa shape index (κ1) is 21.0. The summed E-state index contributed by atoms with van der Waals surface area (Å²) < 4.78 is 0.738. The molecule has 4 amide bonds. The second-order valence-electron chi connectivity index (χ2n) is 7.11. The molecule has 0 aliphatic carbocycles.